The summed E-state index contributed by atoms with van der Waals surface area (Å²) >= 11 is 0. The van der Waals surface area contributed by atoms with Gasteiger partial charge in [0.25, 0.3) is 0 Å². The number of fused-ring (bicyclic) bond motifs is 1. The number of nitrogens with two attached hydrogens (primary N) is 1. The van der Waals surface area contributed by atoms with E-state index in [1.54, 1.807) is 6.20 Å². The van der Waals surface area contributed by atoms with Crippen LogP contribution in [0.15, 0.2) is 35.6 Å². The molecule has 3 N–H and O–H groups in total. The molecule has 21 heavy (non-hydrogen) atoms. The second kappa shape index (κ2) is 6.92. The Morgan fingerprint density at radius 2 is 1.90 bits per heavy atom. The molecule has 0 aliphatic rings. The maximum atomic E-state index is 9.04. The first-order chi connectivity index (χ1) is 10.2. The number of benzene rings is 1. The monoisotopic (exact) mass is 286 g/mol. The minimum atomic E-state index is 0.0976. The van der Waals surface area contributed by atoms with Crippen molar-refractivity contribution in [2.24, 2.45) is 10.9 Å². The van der Waals surface area contributed by atoms with Crippen LogP contribution in [0.3, 0.4) is 0 Å². The van der Waals surface area contributed by atoms with Crippen molar-refractivity contribution >= 4 is 22.4 Å². The number of anilines is 1. The van der Waals surface area contributed by atoms with Crippen LogP contribution in [0.25, 0.3) is 10.9 Å². The van der Waals surface area contributed by atoms with Gasteiger partial charge in [0.05, 0.1) is 16.8 Å². The Morgan fingerprint density at radius 3 is 2.52 bits per heavy atom. The molecular weight excluding hydrogens is 264 g/mol. The van der Waals surface area contributed by atoms with Gasteiger partial charge in [-0.15, -0.1) is 0 Å². The quantitative estimate of drug-likeness (QED) is 0.370. The minimum absolute atomic E-state index is 0.0976. The zero-order valence-electron chi connectivity index (χ0n) is 12.6. The molecule has 2 aromatic rings. The molecule has 0 unspecified atom stereocenters. The van der Waals surface area contributed by atoms with Gasteiger partial charge in [-0.05, 0) is 18.9 Å². The van der Waals surface area contributed by atoms with E-state index in [2.05, 4.69) is 28.9 Å². The Labute approximate surface area is 125 Å². The SMILES string of the molecule is CCCN(CCC)c1c(/C(N)=N/O)cnc2ccccc12. The second-order valence-corrected chi connectivity index (χ2v) is 5.01. The van der Waals surface area contributed by atoms with Crippen molar-refractivity contribution in [1.82, 2.24) is 4.98 Å². The number of pyridine rings is 1. The van der Waals surface area contributed by atoms with Gasteiger partial charge in [-0.1, -0.05) is 37.2 Å². The molecule has 1 aromatic heterocycles. The van der Waals surface area contributed by atoms with Gasteiger partial charge in [0.15, 0.2) is 5.84 Å². The Balaban J connectivity index is 2.70. The number of aromatic nitrogens is 1. The lowest BCUT2D eigenvalue weighted by Crippen LogP contribution is -2.28. The van der Waals surface area contributed by atoms with E-state index in [9.17, 15) is 0 Å². The van der Waals surface area contributed by atoms with E-state index in [0.717, 1.165) is 42.5 Å². The molecule has 0 aliphatic carbocycles. The van der Waals surface area contributed by atoms with Gasteiger partial charge in [-0.25, -0.2) is 0 Å². The molecule has 0 saturated carbocycles. The summed E-state index contributed by atoms with van der Waals surface area (Å²) < 4.78 is 0. The van der Waals surface area contributed by atoms with Crippen LogP contribution in [0, 0.1) is 0 Å². The Morgan fingerprint density at radius 1 is 1.24 bits per heavy atom. The van der Waals surface area contributed by atoms with Crippen LogP contribution in [0.4, 0.5) is 5.69 Å². The molecule has 0 saturated heterocycles. The summed E-state index contributed by atoms with van der Waals surface area (Å²) in [5.41, 5.74) is 8.44. The largest absolute Gasteiger partial charge is 0.409 e. The van der Waals surface area contributed by atoms with Gasteiger partial charge in [0.1, 0.15) is 0 Å². The zero-order valence-corrected chi connectivity index (χ0v) is 12.6. The molecule has 0 bridgehead atoms. The van der Waals surface area contributed by atoms with Crippen LogP contribution in [0.2, 0.25) is 0 Å². The van der Waals surface area contributed by atoms with Crippen LogP contribution < -0.4 is 10.6 Å². The smallest absolute Gasteiger partial charge is 0.173 e. The van der Waals surface area contributed by atoms with Crippen molar-refractivity contribution in [3.63, 3.8) is 0 Å². The molecule has 1 aromatic carbocycles. The fourth-order valence-electron chi connectivity index (χ4n) is 2.58. The van der Waals surface area contributed by atoms with Crippen LogP contribution in [0.1, 0.15) is 32.3 Å². The summed E-state index contributed by atoms with van der Waals surface area (Å²) in [4.78, 5) is 6.70. The molecule has 2 rings (SSSR count). The third kappa shape index (κ3) is 3.07. The van der Waals surface area contributed by atoms with Crippen molar-refractivity contribution in [2.75, 3.05) is 18.0 Å². The number of amidine groups is 1. The lowest BCUT2D eigenvalue weighted by molar-refractivity contribution is 0.318. The lowest BCUT2D eigenvalue weighted by Gasteiger charge is -2.27. The van der Waals surface area contributed by atoms with Crippen LogP contribution in [-0.2, 0) is 0 Å². The van der Waals surface area contributed by atoms with Crippen molar-refractivity contribution in [1.29, 1.82) is 0 Å². The number of rotatable bonds is 6. The topological polar surface area (TPSA) is 74.7 Å². The minimum Gasteiger partial charge on any atom is -0.409 e. The fraction of sp³-hybridized carbons (Fsp3) is 0.375. The van der Waals surface area contributed by atoms with E-state index in [-0.39, 0.29) is 5.84 Å². The van der Waals surface area contributed by atoms with Crippen molar-refractivity contribution in [2.45, 2.75) is 26.7 Å². The predicted molar refractivity (Wildman–Crippen MR) is 87.0 cm³/mol. The van der Waals surface area contributed by atoms with E-state index in [4.69, 9.17) is 10.9 Å². The van der Waals surface area contributed by atoms with E-state index < -0.39 is 0 Å². The number of para-hydroxylation sites is 1. The standard InChI is InChI=1S/C16H22N4O/c1-3-9-20(10-4-2)15-12-7-5-6-8-14(12)18-11-13(15)16(17)19-21/h5-8,11,21H,3-4,9-10H2,1-2H3,(H2,17,19). The van der Waals surface area contributed by atoms with Crippen LogP contribution in [0.5, 0.6) is 0 Å². The van der Waals surface area contributed by atoms with Gasteiger partial charge in [0, 0.05) is 24.7 Å². The average Bonchev–Trinajstić information content (AvgIpc) is 2.53. The first-order valence-corrected chi connectivity index (χ1v) is 7.33. The first kappa shape index (κ1) is 15.1. The Bertz CT molecular complexity index is 633. The molecule has 5 nitrogen and oxygen atoms in total. The van der Waals surface area contributed by atoms with E-state index >= 15 is 0 Å². The van der Waals surface area contributed by atoms with Crippen molar-refractivity contribution < 1.29 is 5.21 Å². The molecule has 0 amide bonds. The second-order valence-electron chi connectivity index (χ2n) is 5.01. The summed E-state index contributed by atoms with van der Waals surface area (Å²) in [7, 11) is 0. The summed E-state index contributed by atoms with van der Waals surface area (Å²) in [5, 5.41) is 13.2. The predicted octanol–water partition coefficient (Wildman–Crippen LogP) is 2.96. The summed E-state index contributed by atoms with van der Waals surface area (Å²) in [6, 6.07) is 7.96. The Hall–Kier alpha value is -2.30. The fourth-order valence-corrected chi connectivity index (χ4v) is 2.58. The van der Waals surface area contributed by atoms with Gasteiger partial charge < -0.3 is 15.8 Å². The normalized spacial score (nSPS) is 11.8. The number of hydrogen-bond acceptors (Lipinski definition) is 4. The maximum Gasteiger partial charge on any atom is 0.173 e. The highest BCUT2D eigenvalue weighted by Crippen LogP contribution is 2.30. The van der Waals surface area contributed by atoms with Crippen LogP contribution in [-0.4, -0.2) is 29.1 Å². The van der Waals surface area contributed by atoms with Crippen molar-refractivity contribution in [3.05, 3.63) is 36.0 Å². The highest BCUT2D eigenvalue weighted by atomic mass is 16.4. The molecule has 0 aliphatic heterocycles. The number of oxime groups is 1. The average molecular weight is 286 g/mol. The zero-order chi connectivity index (χ0) is 15.2. The van der Waals surface area contributed by atoms with Gasteiger partial charge in [-0.3, -0.25) is 4.98 Å². The third-order valence-corrected chi connectivity index (χ3v) is 3.43. The molecule has 0 radical (unpaired) electrons. The van der Waals surface area contributed by atoms with Gasteiger partial charge >= 0.3 is 0 Å². The molecule has 0 fully saturated rings. The molecule has 0 atom stereocenters. The molecule has 112 valence electrons. The number of nitrogens with zero attached hydrogens (tertiary/aromatic N) is 3. The van der Waals surface area contributed by atoms with Crippen LogP contribution >= 0.6 is 0 Å². The molecule has 1 heterocycles. The maximum absolute atomic E-state index is 9.04. The summed E-state index contributed by atoms with van der Waals surface area (Å²) in [6.07, 6.45) is 3.75. The summed E-state index contributed by atoms with van der Waals surface area (Å²) in [5.74, 6) is 0.0976. The molecular formula is C16H22N4O. The third-order valence-electron chi connectivity index (χ3n) is 3.43. The van der Waals surface area contributed by atoms with Crippen molar-refractivity contribution in [3.8, 4) is 0 Å². The molecule has 0 spiro atoms. The highest BCUT2D eigenvalue weighted by molar-refractivity contribution is 6.08. The first-order valence-electron chi connectivity index (χ1n) is 7.33. The van der Waals surface area contributed by atoms with E-state index in [1.807, 2.05) is 24.3 Å². The van der Waals surface area contributed by atoms with Gasteiger partial charge in [-0.2, -0.15) is 0 Å². The van der Waals surface area contributed by atoms with E-state index in [1.165, 1.54) is 0 Å². The number of hydrogen-bond donors (Lipinski definition) is 2. The Kier molecular flexibility index (Phi) is 4.98. The molecule has 5 heteroatoms. The highest BCUT2D eigenvalue weighted by Gasteiger charge is 2.17. The summed E-state index contributed by atoms with van der Waals surface area (Å²) in [6.45, 7) is 6.14. The van der Waals surface area contributed by atoms with Gasteiger partial charge in [0.2, 0.25) is 0 Å². The van der Waals surface area contributed by atoms with E-state index in [0.29, 0.717) is 5.56 Å². The lowest BCUT2D eigenvalue weighted by atomic mass is 10.1.